The lowest BCUT2D eigenvalue weighted by Crippen LogP contribution is -2.24. The Labute approximate surface area is 203 Å². The van der Waals surface area contributed by atoms with Crippen molar-refractivity contribution in [2.45, 2.75) is 33.6 Å². The quantitative estimate of drug-likeness (QED) is 0.203. The van der Waals surface area contributed by atoms with Crippen molar-refractivity contribution in [3.8, 4) is 17.3 Å². The third-order valence-electron chi connectivity index (χ3n) is 5.97. The molecule has 1 heterocycles. The van der Waals surface area contributed by atoms with Crippen LogP contribution >= 0.6 is 12.6 Å². The number of thiol groups is 1. The Balaban J connectivity index is 2.05. The number of benzene rings is 2. The predicted molar refractivity (Wildman–Crippen MR) is 147 cm³/mol. The fraction of sp³-hybridized carbons (Fsp3) is 0.276. The van der Waals surface area contributed by atoms with E-state index in [0.717, 1.165) is 53.4 Å². The van der Waals surface area contributed by atoms with E-state index in [9.17, 15) is 5.26 Å². The number of anilines is 1. The molecule has 170 valence electrons. The maximum Gasteiger partial charge on any atom is 0.0998 e. The molecule has 3 nitrogen and oxygen atoms in total. The molecule has 33 heavy (non-hydrogen) atoms. The monoisotopic (exact) mass is 455 g/mol. The SMILES string of the molecule is C=C/C(C#N)=C(\C(S)=C/C)c1ccc(-c2ccc3cc(N(CCC)CCC)ccc3c2)n1C. The minimum Gasteiger partial charge on any atom is -0.372 e. The van der Waals surface area contributed by atoms with Gasteiger partial charge in [0.1, 0.15) is 0 Å². The topological polar surface area (TPSA) is 32.0 Å². The first-order valence-electron chi connectivity index (χ1n) is 11.6. The van der Waals surface area contributed by atoms with Crippen LogP contribution in [0.4, 0.5) is 5.69 Å². The van der Waals surface area contributed by atoms with Crippen LogP contribution < -0.4 is 4.90 Å². The van der Waals surface area contributed by atoms with E-state index in [2.05, 4.69) is 91.1 Å². The fourth-order valence-corrected chi connectivity index (χ4v) is 4.54. The number of hydrogen-bond donors (Lipinski definition) is 1. The highest BCUT2D eigenvalue weighted by atomic mass is 32.1. The molecule has 0 saturated heterocycles. The standard InChI is InChI=1S/C29H33N3S/c1-6-16-32(17-7-2)25-13-12-22-18-24(11-10-23(22)19-25)26-14-15-27(31(26)5)29(28(33)9-4)21(8-3)20-30/h8-15,18-19,33H,3,6-7,16-17H2,1-2,4-5H3/b28-9+,29-21+. The van der Waals surface area contributed by atoms with Crippen molar-refractivity contribution >= 4 is 34.7 Å². The Morgan fingerprint density at radius 1 is 1.06 bits per heavy atom. The summed E-state index contributed by atoms with van der Waals surface area (Å²) in [6.07, 6.45) is 5.78. The highest BCUT2D eigenvalue weighted by Crippen LogP contribution is 2.34. The molecule has 0 N–H and O–H groups in total. The van der Waals surface area contributed by atoms with Gasteiger partial charge in [-0.3, -0.25) is 0 Å². The number of rotatable bonds is 9. The summed E-state index contributed by atoms with van der Waals surface area (Å²) in [4.78, 5) is 3.22. The summed E-state index contributed by atoms with van der Waals surface area (Å²) in [5.74, 6) is 0. The molecule has 0 saturated carbocycles. The molecule has 0 aliphatic carbocycles. The number of nitriles is 1. The molecule has 2 aromatic carbocycles. The lowest BCUT2D eigenvalue weighted by atomic mass is 10.0. The van der Waals surface area contributed by atoms with Crippen LogP contribution in [0.2, 0.25) is 0 Å². The third kappa shape index (κ3) is 5.10. The molecule has 0 bridgehead atoms. The molecule has 0 atom stereocenters. The minimum absolute atomic E-state index is 0.514. The summed E-state index contributed by atoms with van der Waals surface area (Å²) < 4.78 is 2.12. The summed E-state index contributed by atoms with van der Waals surface area (Å²) in [5.41, 5.74) is 5.77. The van der Waals surface area contributed by atoms with Gasteiger partial charge in [-0.2, -0.15) is 5.26 Å². The molecule has 3 aromatic rings. The summed E-state index contributed by atoms with van der Waals surface area (Å²) in [7, 11) is 2.03. The summed E-state index contributed by atoms with van der Waals surface area (Å²) in [5, 5.41) is 12.1. The highest BCUT2D eigenvalue weighted by molar-refractivity contribution is 7.85. The predicted octanol–water partition coefficient (Wildman–Crippen LogP) is 7.77. The Morgan fingerprint density at radius 3 is 2.33 bits per heavy atom. The van der Waals surface area contributed by atoms with Crippen LogP contribution in [0.5, 0.6) is 0 Å². The van der Waals surface area contributed by atoms with Crippen LogP contribution in [0.15, 0.2) is 77.7 Å². The first-order chi connectivity index (χ1) is 16.0. The Hall–Kier alpha value is -3.16. The lowest BCUT2D eigenvalue weighted by Gasteiger charge is -2.24. The van der Waals surface area contributed by atoms with E-state index in [4.69, 9.17) is 0 Å². The van der Waals surface area contributed by atoms with Gasteiger partial charge < -0.3 is 9.47 Å². The fourth-order valence-electron chi connectivity index (χ4n) is 4.31. The van der Waals surface area contributed by atoms with E-state index in [0.29, 0.717) is 5.57 Å². The summed E-state index contributed by atoms with van der Waals surface area (Å²) in [6.45, 7) is 12.3. The zero-order valence-corrected chi connectivity index (χ0v) is 21.0. The normalized spacial score (nSPS) is 12.4. The van der Waals surface area contributed by atoms with Gasteiger partial charge in [-0.25, -0.2) is 0 Å². The molecule has 0 amide bonds. The zero-order chi connectivity index (χ0) is 24.0. The van der Waals surface area contributed by atoms with Crippen molar-refractivity contribution in [1.29, 1.82) is 5.26 Å². The Morgan fingerprint density at radius 2 is 1.73 bits per heavy atom. The molecule has 3 rings (SSSR count). The van der Waals surface area contributed by atoms with Crippen molar-refractivity contribution in [2.24, 2.45) is 7.05 Å². The molecule has 0 unspecified atom stereocenters. The molecule has 4 heteroatoms. The summed E-state index contributed by atoms with van der Waals surface area (Å²) in [6, 6.07) is 19.8. The van der Waals surface area contributed by atoms with Gasteiger partial charge in [0.15, 0.2) is 0 Å². The van der Waals surface area contributed by atoms with Gasteiger partial charge in [0.2, 0.25) is 0 Å². The average Bonchev–Trinajstić information content (AvgIpc) is 3.21. The maximum absolute atomic E-state index is 9.61. The van der Waals surface area contributed by atoms with Gasteiger partial charge in [0.05, 0.1) is 17.3 Å². The van der Waals surface area contributed by atoms with Crippen molar-refractivity contribution in [3.05, 3.63) is 83.4 Å². The zero-order valence-electron chi connectivity index (χ0n) is 20.1. The average molecular weight is 456 g/mol. The van der Waals surface area contributed by atoms with Gasteiger partial charge in [-0.1, -0.05) is 50.8 Å². The number of fused-ring (bicyclic) bond motifs is 1. The minimum atomic E-state index is 0.514. The molecule has 0 fully saturated rings. The molecular weight excluding hydrogens is 422 g/mol. The van der Waals surface area contributed by atoms with Crippen LogP contribution in [0.25, 0.3) is 27.6 Å². The van der Waals surface area contributed by atoms with Gasteiger partial charge in [-0.05, 0) is 66.4 Å². The smallest absolute Gasteiger partial charge is 0.0998 e. The number of aromatic nitrogens is 1. The molecule has 1 aromatic heterocycles. The highest BCUT2D eigenvalue weighted by Gasteiger charge is 2.16. The second-order valence-electron chi connectivity index (χ2n) is 8.17. The first kappa shape index (κ1) is 24.5. The van der Waals surface area contributed by atoms with Crippen LogP contribution in [-0.4, -0.2) is 17.7 Å². The van der Waals surface area contributed by atoms with E-state index < -0.39 is 0 Å². The van der Waals surface area contributed by atoms with E-state index in [-0.39, 0.29) is 0 Å². The van der Waals surface area contributed by atoms with Crippen LogP contribution in [0.1, 0.15) is 39.3 Å². The number of nitrogens with zero attached hydrogens (tertiary/aromatic N) is 3. The molecule has 0 aliphatic rings. The second kappa shape index (κ2) is 11.1. The van der Waals surface area contributed by atoms with Crippen LogP contribution in [0.3, 0.4) is 0 Å². The second-order valence-corrected chi connectivity index (χ2v) is 8.66. The van der Waals surface area contributed by atoms with E-state index in [1.807, 2.05) is 26.1 Å². The Kier molecular flexibility index (Phi) is 8.25. The van der Waals surface area contributed by atoms with Gasteiger partial charge in [-0.15, -0.1) is 12.6 Å². The summed E-state index contributed by atoms with van der Waals surface area (Å²) >= 11 is 4.62. The van der Waals surface area contributed by atoms with Crippen molar-refractivity contribution < 1.29 is 0 Å². The van der Waals surface area contributed by atoms with Gasteiger partial charge >= 0.3 is 0 Å². The first-order valence-corrected chi connectivity index (χ1v) is 12.0. The molecule has 0 spiro atoms. The van der Waals surface area contributed by atoms with Crippen molar-refractivity contribution in [1.82, 2.24) is 4.57 Å². The molecule has 0 radical (unpaired) electrons. The number of allylic oxidation sites excluding steroid dienone is 4. The molecule has 0 aliphatic heterocycles. The van der Waals surface area contributed by atoms with Crippen molar-refractivity contribution in [2.75, 3.05) is 18.0 Å². The van der Waals surface area contributed by atoms with Crippen molar-refractivity contribution in [3.63, 3.8) is 0 Å². The van der Waals surface area contributed by atoms with Gasteiger partial charge in [0, 0.05) is 42.0 Å². The van der Waals surface area contributed by atoms with Crippen LogP contribution in [0, 0.1) is 11.3 Å². The van der Waals surface area contributed by atoms with Gasteiger partial charge in [0.25, 0.3) is 0 Å². The van der Waals surface area contributed by atoms with E-state index >= 15 is 0 Å². The van der Waals surface area contributed by atoms with E-state index in [1.54, 1.807) is 6.08 Å². The maximum atomic E-state index is 9.61. The molecular formula is C29H33N3S. The largest absolute Gasteiger partial charge is 0.372 e. The lowest BCUT2D eigenvalue weighted by molar-refractivity contribution is 0.745. The van der Waals surface area contributed by atoms with Crippen LogP contribution in [-0.2, 0) is 7.05 Å². The number of hydrogen-bond acceptors (Lipinski definition) is 3. The van der Waals surface area contributed by atoms with E-state index in [1.165, 1.54) is 16.5 Å². The third-order valence-corrected chi connectivity index (χ3v) is 6.46. The Bertz CT molecular complexity index is 1250.